The molecule has 2 rings (SSSR count). The zero-order valence-electron chi connectivity index (χ0n) is 11.7. The summed E-state index contributed by atoms with van der Waals surface area (Å²) in [6.07, 6.45) is 8.23. The first-order valence-corrected chi connectivity index (χ1v) is 7.63. The highest BCUT2D eigenvalue weighted by Gasteiger charge is 2.30. The molecule has 2 atom stereocenters. The number of hydrogen-bond donors (Lipinski definition) is 2. The molecule has 0 radical (unpaired) electrons. The molecule has 2 unspecified atom stereocenters. The van der Waals surface area contributed by atoms with Gasteiger partial charge in [0.1, 0.15) is 0 Å². The third-order valence-corrected chi connectivity index (χ3v) is 4.44. The van der Waals surface area contributed by atoms with E-state index in [1.54, 1.807) is 0 Å². The molecule has 0 bridgehead atoms. The van der Waals surface area contributed by atoms with E-state index in [2.05, 4.69) is 17.2 Å². The number of rotatable bonds is 6. The Morgan fingerprint density at radius 1 is 1.39 bits per heavy atom. The lowest BCUT2D eigenvalue weighted by Gasteiger charge is -2.37. The quantitative estimate of drug-likeness (QED) is 0.558. The Hall–Kier alpha value is -0.160. The Morgan fingerprint density at radius 2 is 2.17 bits per heavy atom. The average molecular weight is 255 g/mol. The van der Waals surface area contributed by atoms with E-state index in [1.165, 1.54) is 45.1 Å². The molecule has 0 amide bonds. The van der Waals surface area contributed by atoms with Gasteiger partial charge in [-0.15, -0.1) is 0 Å². The zero-order valence-corrected chi connectivity index (χ0v) is 11.7. The third kappa shape index (κ3) is 3.92. The topological polar surface area (TPSA) is 50.5 Å². The first-order chi connectivity index (χ1) is 8.83. The molecule has 106 valence electrons. The Bertz CT molecular complexity index is 229. The number of ether oxygens (including phenoxy) is 1. The van der Waals surface area contributed by atoms with Crippen molar-refractivity contribution < 1.29 is 4.74 Å². The van der Waals surface area contributed by atoms with Crippen LogP contribution in [0.4, 0.5) is 0 Å². The van der Waals surface area contributed by atoms with Crippen LogP contribution in [-0.2, 0) is 4.74 Å². The lowest BCUT2D eigenvalue weighted by Crippen LogP contribution is -2.54. The van der Waals surface area contributed by atoms with Crippen molar-refractivity contribution in [1.82, 2.24) is 10.3 Å². The minimum Gasteiger partial charge on any atom is -0.374 e. The minimum atomic E-state index is 0.274. The van der Waals surface area contributed by atoms with Gasteiger partial charge in [-0.2, -0.15) is 0 Å². The number of nitrogens with zero attached hydrogens (tertiary/aromatic N) is 1. The molecule has 0 aromatic rings. The van der Waals surface area contributed by atoms with E-state index in [0.29, 0.717) is 6.04 Å². The van der Waals surface area contributed by atoms with Crippen molar-refractivity contribution in [3.8, 4) is 0 Å². The summed E-state index contributed by atoms with van der Waals surface area (Å²) in [6, 6.07) is 0.327. The van der Waals surface area contributed by atoms with Crippen molar-refractivity contribution in [3.05, 3.63) is 0 Å². The molecule has 1 aliphatic heterocycles. The van der Waals surface area contributed by atoms with Crippen LogP contribution >= 0.6 is 0 Å². The molecular weight excluding hydrogens is 226 g/mol. The summed E-state index contributed by atoms with van der Waals surface area (Å²) < 4.78 is 5.93. The van der Waals surface area contributed by atoms with Gasteiger partial charge >= 0.3 is 0 Å². The van der Waals surface area contributed by atoms with E-state index in [0.717, 1.165) is 25.6 Å². The summed E-state index contributed by atoms with van der Waals surface area (Å²) >= 11 is 0. The van der Waals surface area contributed by atoms with E-state index in [4.69, 9.17) is 10.6 Å². The van der Waals surface area contributed by atoms with Crippen LogP contribution in [0, 0.1) is 5.92 Å². The molecule has 1 saturated carbocycles. The van der Waals surface area contributed by atoms with Crippen molar-refractivity contribution >= 4 is 0 Å². The number of morpholine rings is 1. The molecule has 0 aromatic carbocycles. The third-order valence-electron chi connectivity index (χ3n) is 4.44. The first kappa shape index (κ1) is 14.3. The summed E-state index contributed by atoms with van der Waals surface area (Å²) in [7, 11) is 0. The van der Waals surface area contributed by atoms with Gasteiger partial charge in [0.15, 0.2) is 0 Å². The molecule has 1 saturated heterocycles. The monoisotopic (exact) mass is 255 g/mol. The largest absolute Gasteiger partial charge is 0.374 e. The summed E-state index contributed by atoms with van der Waals surface area (Å²) in [5.74, 6) is 6.61. The highest BCUT2D eigenvalue weighted by atomic mass is 16.5. The molecule has 3 N–H and O–H groups in total. The summed E-state index contributed by atoms with van der Waals surface area (Å²) in [4.78, 5) is 2.51. The van der Waals surface area contributed by atoms with Gasteiger partial charge in [-0.25, -0.2) is 0 Å². The zero-order chi connectivity index (χ0) is 12.8. The molecule has 1 aliphatic carbocycles. The van der Waals surface area contributed by atoms with Crippen LogP contribution in [0.3, 0.4) is 0 Å². The minimum absolute atomic E-state index is 0.274. The fourth-order valence-electron chi connectivity index (χ4n) is 3.43. The van der Waals surface area contributed by atoms with Gasteiger partial charge in [0, 0.05) is 19.1 Å². The van der Waals surface area contributed by atoms with E-state index in [9.17, 15) is 0 Å². The van der Waals surface area contributed by atoms with E-state index in [1.807, 2.05) is 0 Å². The average Bonchev–Trinajstić information content (AvgIpc) is 2.89. The van der Waals surface area contributed by atoms with Crippen LogP contribution in [0.5, 0.6) is 0 Å². The Labute approximate surface area is 111 Å². The van der Waals surface area contributed by atoms with Crippen molar-refractivity contribution in [2.24, 2.45) is 11.8 Å². The SMILES string of the molecule is CCCN1CCOC(C(CC2CCCC2)NN)C1. The van der Waals surface area contributed by atoms with Crippen molar-refractivity contribution in [2.45, 2.75) is 57.6 Å². The molecule has 0 spiro atoms. The fourth-order valence-corrected chi connectivity index (χ4v) is 3.43. The van der Waals surface area contributed by atoms with Crippen LogP contribution < -0.4 is 11.3 Å². The van der Waals surface area contributed by atoms with Crippen LogP contribution in [-0.4, -0.2) is 43.3 Å². The highest BCUT2D eigenvalue weighted by Crippen LogP contribution is 2.29. The maximum absolute atomic E-state index is 5.93. The second kappa shape index (κ2) is 7.43. The predicted octanol–water partition coefficient (Wildman–Crippen LogP) is 1.51. The number of nitrogens with one attached hydrogen (secondary N) is 1. The smallest absolute Gasteiger partial charge is 0.0868 e. The molecule has 2 aliphatic rings. The van der Waals surface area contributed by atoms with Crippen LogP contribution in [0.2, 0.25) is 0 Å². The highest BCUT2D eigenvalue weighted by molar-refractivity contribution is 4.84. The van der Waals surface area contributed by atoms with Crippen LogP contribution in [0.15, 0.2) is 0 Å². The molecule has 2 fully saturated rings. The second-order valence-corrected chi connectivity index (χ2v) is 5.87. The summed E-state index contributed by atoms with van der Waals surface area (Å²) in [5.41, 5.74) is 3.01. The van der Waals surface area contributed by atoms with Crippen LogP contribution in [0.1, 0.15) is 45.4 Å². The molecule has 18 heavy (non-hydrogen) atoms. The standard InChI is InChI=1S/C14H29N3O/c1-2-7-17-8-9-18-14(11-17)13(16-15)10-12-5-3-4-6-12/h12-14,16H,2-11,15H2,1H3. The summed E-state index contributed by atoms with van der Waals surface area (Å²) in [5, 5.41) is 0. The van der Waals surface area contributed by atoms with Crippen LogP contribution in [0.25, 0.3) is 0 Å². The number of hydrogen-bond acceptors (Lipinski definition) is 4. The van der Waals surface area contributed by atoms with Gasteiger partial charge in [-0.3, -0.25) is 16.2 Å². The van der Waals surface area contributed by atoms with Gasteiger partial charge < -0.3 is 4.74 Å². The fraction of sp³-hybridized carbons (Fsp3) is 1.00. The van der Waals surface area contributed by atoms with E-state index in [-0.39, 0.29) is 6.10 Å². The van der Waals surface area contributed by atoms with Crippen molar-refractivity contribution in [3.63, 3.8) is 0 Å². The van der Waals surface area contributed by atoms with Gasteiger partial charge in [0.25, 0.3) is 0 Å². The molecular formula is C14H29N3O. The maximum Gasteiger partial charge on any atom is 0.0868 e. The lowest BCUT2D eigenvalue weighted by atomic mass is 9.94. The Balaban J connectivity index is 1.82. The van der Waals surface area contributed by atoms with Gasteiger partial charge in [0.2, 0.25) is 0 Å². The Morgan fingerprint density at radius 3 is 2.83 bits per heavy atom. The van der Waals surface area contributed by atoms with Gasteiger partial charge in [-0.05, 0) is 25.3 Å². The normalized spacial score (nSPS) is 28.7. The molecule has 0 aromatic heterocycles. The van der Waals surface area contributed by atoms with E-state index >= 15 is 0 Å². The maximum atomic E-state index is 5.93. The lowest BCUT2D eigenvalue weighted by molar-refractivity contribution is -0.0499. The van der Waals surface area contributed by atoms with E-state index < -0.39 is 0 Å². The Kier molecular flexibility index (Phi) is 5.89. The van der Waals surface area contributed by atoms with Crippen molar-refractivity contribution in [2.75, 3.05) is 26.2 Å². The number of hydrazine groups is 1. The predicted molar refractivity (Wildman–Crippen MR) is 74.2 cm³/mol. The molecule has 4 heteroatoms. The molecule has 4 nitrogen and oxygen atoms in total. The van der Waals surface area contributed by atoms with Crippen molar-refractivity contribution in [1.29, 1.82) is 0 Å². The molecule has 1 heterocycles. The summed E-state index contributed by atoms with van der Waals surface area (Å²) in [6.45, 7) is 6.39. The van der Waals surface area contributed by atoms with Gasteiger partial charge in [-0.1, -0.05) is 32.6 Å². The first-order valence-electron chi connectivity index (χ1n) is 7.63. The number of nitrogens with two attached hydrogens (primary N) is 1. The second-order valence-electron chi connectivity index (χ2n) is 5.87. The van der Waals surface area contributed by atoms with Gasteiger partial charge in [0.05, 0.1) is 12.7 Å².